The summed E-state index contributed by atoms with van der Waals surface area (Å²) in [6.07, 6.45) is 0.317. The molecule has 0 saturated carbocycles. The van der Waals surface area contributed by atoms with Crippen LogP contribution in [0.4, 0.5) is 0 Å². The summed E-state index contributed by atoms with van der Waals surface area (Å²) >= 11 is 15.3. The van der Waals surface area contributed by atoms with Gasteiger partial charge in [-0.1, -0.05) is 45.2 Å². The van der Waals surface area contributed by atoms with Crippen LogP contribution >= 0.6 is 39.1 Å². The molecule has 20 heavy (non-hydrogen) atoms. The van der Waals surface area contributed by atoms with Crippen LogP contribution in [-0.4, -0.2) is 5.78 Å². The Morgan fingerprint density at radius 3 is 2.20 bits per heavy atom. The zero-order valence-corrected chi connectivity index (χ0v) is 14.2. The van der Waals surface area contributed by atoms with Gasteiger partial charge in [-0.25, -0.2) is 0 Å². The number of hydrogen-bond donors (Lipinski definition) is 0. The average molecular weight is 372 g/mol. The second kappa shape index (κ2) is 6.30. The van der Waals surface area contributed by atoms with E-state index in [0.717, 1.165) is 21.2 Å². The van der Waals surface area contributed by atoms with Gasteiger partial charge in [0.2, 0.25) is 0 Å². The number of halogens is 3. The average Bonchev–Trinajstić information content (AvgIpc) is 2.39. The lowest BCUT2D eigenvalue weighted by Crippen LogP contribution is -2.05. The third-order valence-electron chi connectivity index (χ3n) is 3.11. The summed E-state index contributed by atoms with van der Waals surface area (Å²) in [6.45, 7) is 3.96. The molecule has 0 atom stereocenters. The van der Waals surface area contributed by atoms with Crippen LogP contribution in [0.3, 0.4) is 0 Å². The lowest BCUT2D eigenvalue weighted by Gasteiger charge is -2.08. The smallest absolute Gasteiger partial charge is 0.167 e. The lowest BCUT2D eigenvalue weighted by molar-refractivity contribution is 0.0993. The Morgan fingerprint density at radius 2 is 1.65 bits per heavy atom. The van der Waals surface area contributed by atoms with Gasteiger partial charge >= 0.3 is 0 Å². The maximum absolute atomic E-state index is 12.3. The summed E-state index contributed by atoms with van der Waals surface area (Å²) in [6, 6.07) is 9.07. The van der Waals surface area contributed by atoms with E-state index in [1.54, 1.807) is 12.1 Å². The van der Waals surface area contributed by atoms with Crippen LogP contribution in [0.15, 0.2) is 34.8 Å². The number of carbonyl (C=O) groups is 1. The van der Waals surface area contributed by atoms with Gasteiger partial charge in [-0.05, 0) is 54.8 Å². The normalized spacial score (nSPS) is 10.7. The van der Waals surface area contributed by atoms with E-state index in [0.29, 0.717) is 22.0 Å². The molecule has 2 rings (SSSR count). The molecule has 2 aromatic rings. The fourth-order valence-electron chi connectivity index (χ4n) is 2.04. The van der Waals surface area contributed by atoms with Crippen molar-refractivity contribution in [3.05, 3.63) is 67.1 Å². The molecule has 0 aliphatic carbocycles. The molecule has 0 spiro atoms. The minimum Gasteiger partial charge on any atom is -0.294 e. The first kappa shape index (κ1) is 15.6. The molecule has 104 valence electrons. The largest absolute Gasteiger partial charge is 0.294 e. The molecule has 0 unspecified atom stereocenters. The Bertz CT molecular complexity index is 657. The Balaban J connectivity index is 2.26. The number of aryl methyl sites for hydroxylation is 2. The lowest BCUT2D eigenvalue weighted by atomic mass is 9.99. The predicted molar refractivity (Wildman–Crippen MR) is 88.1 cm³/mol. The van der Waals surface area contributed by atoms with E-state index in [2.05, 4.69) is 15.9 Å². The Morgan fingerprint density at radius 1 is 1.05 bits per heavy atom. The Kier molecular flexibility index (Phi) is 4.90. The van der Waals surface area contributed by atoms with E-state index in [-0.39, 0.29) is 5.78 Å². The standard InChI is InChI=1S/C16H13BrCl2O/c1-9-5-12(6-10(2)16(9)17)15(20)8-11-3-4-13(18)14(19)7-11/h3-7H,8H2,1-2H3. The van der Waals surface area contributed by atoms with Crippen molar-refractivity contribution >= 4 is 44.9 Å². The molecular weight excluding hydrogens is 359 g/mol. The predicted octanol–water partition coefficient (Wildman–Crippen LogP) is 5.80. The molecule has 0 aliphatic rings. The van der Waals surface area contributed by atoms with Gasteiger partial charge < -0.3 is 0 Å². The Hall–Kier alpha value is -0.830. The monoisotopic (exact) mass is 370 g/mol. The number of ketones is 1. The molecule has 2 aromatic carbocycles. The van der Waals surface area contributed by atoms with E-state index < -0.39 is 0 Å². The summed E-state index contributed by atoms with van der Waals surface area (Å²) in [4.78, 5) is 12.3. The van der Waals surface area contributed by atoms with E-state index >= 15 is 0 Å². The summed E-state index contributed by atoms with van der Waals surface area (Å²) in [5.74, 6) is 0.0714. The highest BCUT2D eigenvalue weighted by Crippen LogP contribution is 2.25. The number of Topliss-reactive ketones (excluding diaryl/α,β-unsaturated/α-hetero) is 1. The van der Waals surface area contributed by atoms with Gasteiger partial charge in [0.05, 0.1) is 10.0 Å². The van der Waals surface area contributed by atoms with Gasteiger partial charge in [0.25, 0.3) is 0 Å². The molecule has 0 fully saturated rings. The molecule has 0 radical (unpaired) electrons. The van der Waals surface area contributed by atoms with Crippen molar-refractivity contribution in [2.45, 2.75) is 20.3 Å². The molecule has 0 bridgehead atoms. The van der Waals surface area contributed by atoms with Crippen molar-refractivity contribution in [1.29, 1.82) is 0 Å². The zero-order valence-electron chi connectivity index (χ0n) is 11.1. The third kappa shape index (κ3) is 3.43. The summed E-state index contributed by atoms with van der Waals surface area (Å²) in [5.41, 5.74) is 3.70. The van der Waals surface area contributed by atoms with Gasteiger partial charge in [0.1, 0.15) is 0 Å². The molecule has 0 N–H and O–H groups in total. The highest BCUT2D eigenvalue weighted by atomic mass is 79.9. The van der Waals surface area contributed by atoms with Gasteiger partial charge in [-0.2, -0.15) is 0 Å². The van der Waals surface area contributed by atoms with Crippen molar-refractivity contribution in [2.75, 3.05) is 0 Å². The highest BCUT2D eigenvalue weighted by Gasteiger charge is 2.11. The first-order valence-corrected chi connectivity index (χ1v) is 7.67. The summed E-state index contributed by atoms with van der Waals surface area (Å²) in [7, 11) is 0. The summed E-state index contributed by atoms with van der Waals surface area (Å²) < 4.78 is 1.04. The van der Waals surface area contributed by atoms with E-state index in [1.165, 1.54) is 0 Å². The maximum atomic E-state index is 12.3. The second-order valence-corrected chi connectivity index (χ2v) is 6.38. The van der Waals surface area contributed by atoms with Gasteiger partial charge in [0, 0.05) is 16.5 Å². The number of hydrogen-bond acceptors (Lipinski definition) is 1. The van der Waals surface area contributed by atoms with Crippen molar-refractivity contribution in [1.82, 2.24) is 0 Å². The second-order valence-electron chi connectivity index (χ2n) is 4.77. The molecular formula is C16H13BrCl2O. The minimum atomic E-state index is 0.0714. The van der Waals surface area contributed by atoms with Crippen molar-refractivity contribution in [3.8, 4) is 0 Å². The van der Waals surface area contributed by atoms with Crippen LogP contribution in [0.1, 0.15) is 27.0 Å². The van der Waals surface area contributed by atoms with Crippen molar-refractivity contribution in [2.24, 2.45) is 0 Å². The zero-order chi connectivity index (χ0) is 14.9. The molecule has 0 aliphatic heterocycles. The van der Waals surface area contributed by atoms with E-state index in [9.17, 15) is 4.79 Å². The highest BCUT2D eigenvalue weighted by molar-refractivity contribution is 9.10. The SMILES string of the molecule is Cc1cc(C(=O)Cc2ccc(Cl)c(Cl)c2)cc(C)c1Br. The molecule has 0 amide bonds. The van der Waals surface area contributed by atoms with Crippen LogP contribution in [0.5, 0.6) is 0 Å². The van der Waals surface area contributed by atoms with Crippen molar-refractivity contribution < 1.29 is 4.79 Å². The number of benzene rings is 2. The third-order valence-corrected chi connectivity index (χ3v) is 5.10. The van der Waals surface area contributed by atoms with Gasteiger partial charge in [0.15, 0.2) is 5.78 Å². The Labute approximate surface area is 137 Å². The minimum absolute atomic E-state index is 0.0714. The maximum Gasteiger partial charge on any atom is 0.167 e. The van der Waals surface area contributed by atoms with E-state index in [1.807, 2.05) is 32.0 Å². The van der Waals surface area contributed by atoms with Crippen LogP contribution in [0.2, 0.25) is 10.0 Å². The first-order valence-electron chi connectivity index (χ1n) is 6.12. The van der Waals surface area contributed by atoms with Crippen LogP contribution in [-0.2, 0) is 6.42 Å². The van der Waals surface area contributed by atoms with Gasteiger partial charge in [-0.3, -0.25) is 4.79 Å². The fraction of sp³-hybridized carbons (Fsp3) is 0.188. The molecule has 0 aromatic heterocycles. The topological polar surface area (TPSA) is 17.1 Å². The molecule has 0 heterocycles. The molecule has 4 heteroatoms. The number of carbonyl (C=O) groups excluding carboxylic acids is 1. The molecule has 1 nitrogen and oxygen atoms in total. The van der Waals surface area contributed by atoms with Crippen molar-refractivity contribution in [3.63, 3.8) is 0 Å². The summed E-state index contributed by atoms with van der Waals surface area (Å²) in [5, 5.41) is 0.971. The quantitative estimate of drug-likeness (QED) is 0.623. The first-order chi connectivity index (χ1) is 9.38. The van der Waals surface area contributed by atoms with Crippen LogP contribution in [0.25, 0.3) is 0 Å². The van der Waals surface area contributed by atoms with Crippen LogP contribution < -0.4 is 0 Å². The molecule has 0 saturated heterocycles. The van der Waals surface area contributed by atoms with Crippen LogP contribution in [0, 0.1) is 13.8 Å². The number of rotatable bonds is 3. The van der Waals surface area contributed by atoms with E-state index in [4.69, 9.17) is 23.2 Å². The fourth-order valence-corrected chi connectivity index (χ4v) is 2.59. The van der Waals surface area contributed by atoms with Gasteiger partial charge in [-0.15, -0.1) is 0 Å².